The number of carbonyl (C=O) groups excluding carboxylic acids is 1. The van der Waals surface area contributed by atoms with Crippen molar-refractivity contribution in [3.8, 4) is 5.75 Å². The highest BCUT2D eigenvalue weighted by molar-refractivity contribution is 7.89. The Morgan fingerprint density at radius 3 is 2.73 bits per heavy atom. The van der Waals surface area contributed by atoms with Crippen LogP contribution in [0.25, 0.3) is 0 Å². The number of hydrogen-bond acceptors (Lipinski definition) is 7. The minimum Gasteiger partial charge on any atom is -0.495 e. The van der Waals surface area contributed by atoms with Gasteiger partial charge in [0.15, 0.2) is 17.3 Å². The number of halogens is 2. The van der Waals surface area contributed by atoms with E-state index in [1.807, 2.05) is 0 Å². The molecule has 4 rings (SSSR count). The first-order chi connectivity index (χ1) is 14.1. The van der Waals surface area contributed by atoms with Gasteiger partial charge in [0, 0.05) is 25.1 Å². The van der Waals surface area contributed by atoms with E-state index in [1.54, 1.807) is 6.07 Å². The van der Waals surface area contributed by atoms with Crippen molar-refractivity contribution < 1.29 is 26.7 Å². The number of nitrogens with one attached hydrogen (secondary N) is 1. The molecule has 0 radical (unpaired) electrons. The van der Waals surface area contributed by atoms with Crippen LogP contribution in [0.4, 0.5) is 14.5 Å². The molecule has 2 aromatic rings. The topological polar surface area (TPSA) is 127 Å². The average Bonchev–Trinajstić information content (AvgIpc) is 2.66. The lowest BCUT2D eigenvalue weighted by molar-refractivity contribution is 0.101. The van der Waals surface area contributed by atoms with Gasteiger partial charge in [-0.05, 0) is 11.6 Å². The number of anilines is 1. The molecule has 1 aromatic carbocycles. The van der Waals surface area contributed by atoms with Gasteiger partial charge < -0.3 is 15.8 Å². The molecule has 2 heterocycles. The number of carbonyl (C=O) groups is 1. The number of aromatic nitrogens is 1. The molecule has 0 saturated heterocycles. The fourth-order valence-corrected chi connectivity index (χ4v) is 5.06. The van der Waals surface area contributed by atoms with Crippen LogP contribution in [0.5, 0.6) is 5.75 Å². The van der Waals surface area contributed by atoms with Crippen molar-refractivity contribution in [2.75, 3.05) is 25.2 Å². The molecule has 3 N–H and O–H groups in total. The van der Waals surface area contributed by atoms with Gasteiger partial charge in [-0.25, -0.2) is 31.5 Å². The van der Waals surface area contributed by atoms with Gasteiger partial charge >= 0.3 is 0 Å². The van der Waals surface area contributed by atoms with E-state index in [4.69, 9.17) is 10.5 Å². The van der Waals surface area contributed by atoms with Gasteiger partial charge in [0.2, 0.25) is 16.0 Å². The number of ether oxygens (including phenoxy) is 1. The average molecular weight is 437 g/mol. The Morgan fingerprint density at radius 2 is 2.10 bits per heavy atom. The van der Waals surface area contributed by atoms with Crippen molar-refractivity contribution in [2.45, 2.75) is 12.0 Å². The van der Waals surface area contributed by atoms with Crippen molar-refractivity contribution in [1.82, 2.24) is 9.29 Å². The molecule has 1 aromatic heterocycles. The highest BCUT2D eigenvalue weighted by Gasteiger charge is 2.52. The van der Waals surface area contributed by atoms with Crippen LogP contribution in [0, 0.1) is 11.6 Å². The third kappa shape index (κ3) is 2.95. The lowest BCUT2D eigenvalue weighted by Crippen LogP contribution is -2.55. The molecule has 1 atom stereocenters. The van der Waals surface area contributed by atoms with E-state index in [0.717, 1.165) is 16.6 Å². The number of amides is 1. The number of rotatable bonds is 3. The largest absolute Gasteiger partial charge is 0.495 e. The minimum absolute atomic E-state index is 0.0445. The van der Waals surface area contributed by atoms with E-state index < -0.39 is 44.6 Å². The van der Waals surface area contributed by atoms with Crippen molar-refractivity contribution in [2.24, 2.45) is 10.7 Å². The molecule has 12 heteroatoms. The molecule has 0 bridgehead atoms. The Balaban J connectivity index is 1.69. The zero-order valence-corrected chi connectivity index (χ0v) is 16.8. The monoisotopic (exact) mass is 437 g/mol. The van der Waals surface area contributed by atoms with E-state index in [9.17, 15) is 17.6 Å². The summed E-state index contributed by atoms with van der Waals surface area (Å²) in [6, 6.07) is 3.84. The maximum Gasteiger partial charge on any atom is 0.277 e. The van der Waals surface area contributed by atoms with Crippen LogP contribution < -0.4 is 15.8 Å². The smallest absolute Gasteiger partial charge is 0.277 e. The summed E-state index contributed by atoms with van der Waals surface area (Å²) in [5, 5.41) is 2.27. The summed E-state index contributed by atoms with van der Waals surface area (Å²) in [5.41, 5.74) is 4.16. The normalized spacial score (nSPS) is 21.5. The fraction of sp³-hybridized carbons (Fsp3) is 0.278. The SMILES string of the molecule is COc1cnc(C(=O)Nc2ccc3c(c2F)[C@]2(C3)CS(=O)(=O)N(C)C(N)=N2)c(F)c1. The minimum atomic E-state index is -3.78. The summed E-state index contributed by atoms with van der Waals surface area (Å²) >= 11 is 0. The molecule has 0 unspecified atom stereocenters. The Labute approximate surface area is 170 Å². The molecule has 9 nitrogen and oxygen atoms in total. The number of aliphatic imine (C=N–C) groups is 1. The molecule has 0 fully saturated rings. The van der Waals surface area contributed by atoms with Gasteiger partial charge in [-0.1, -0.05) is 6.07 Å². The third-order valence-corrected chi connectivity index (χ3v) is 7.05. The van der Waals surface area contributed by atoms with E-state index in [-0.39, 0.29) is 29.4 Å². The maximum atomic E-state index is 15.2. The number of hydrogen-bond donors (Lipinski definition) is 2. The summed E-state index contributed by atoms with van der Waals surface area (Å²) in [7, 11) is -1.19. The molecule has 1 spiro atoms. The molecule has 1 amide bonds. The molecule has 2 aliphatic rings. The third-order valence-electron chi connectivity index (χ3n) is 5.18. The van der Waals surface area contributed by atoms with Crippen LogP contribution in [0.15, 0.2) is 29.4 Å². The molecular weight excluding hydrogens is 420 g/mol. The highest BCUT2D eigenvalue weighted by atomic mass is 32.2. The lowest BCUT2D eigenvalue weighted by Gasteiger charge is -2.44. The van der Waals surface area contributed by atoms with E-state index >= 15 is 4.39 Å². The van der Waals surface area contributed by atoms with Gasteiger partial charge in [-0.15, -0.1) is 0 Å². The molecule has 30 heavy (non-hydrogen) atoms. The zero-order chi connectivity index (χ0) is 21.8. The number of fused-ring (bicyclic) bond motifs is 2. The highest BCUT2D eigenvalue weighted by Crippen LogP contribution is 2.48. The summed E-state index contributed by atoms with van der Waals surface area (Å²) in [6.45, 7) is 0. The number of pyridine rings is 1. The Hall–Kier alpha value is -3.28. The molecular formula is C18H17F2N5O4S. The quantitative estimate of drug-likeness (QED) is 0.737. The first-order valence-electron chi connectivity index (χ1n) is 8.72. The van der Waals surface area contributed by atoms with Crippen LogP contribution in [0.3, 0.4) is 0 Å². The van der Waals surface area contributed by atoms with Gasteiger partial charge in [0.05, 0.1) is 24.7 Å². The summed E-state index contributed by atoms with van der Waals surface area (Å²) in [5.74, 6) is -3.33. The van der Waals surface area contributed by atoms with Gasteiger partial charge in [-0.3, -0.25) is 4.79 Å². The van der Waals surface area contributed by atoms with Gasteiger partial charge in [0.1, 0.15) is 11.3 Å². The number of benzene rings is 1. The Morgan fingerprint density at radius 1 is 1.37 bits per heavy atom. The number of guanidine groups is 1. The van der Waals surface area contributed by atoms with Crippen molar-refractivity contribution >= 4 is 27.6 Å². The molecule has 1 aliphatic heterocycles. The number of methoxy groups -OCH3 is 1. The number of nitrogens with two attached hydrogens (primary N) is 1. The Kier molecular flexibility index (Phi) is 4.42. The van der Waals surface area contributed by atoms with Gasteiger partial charge in [0.25, 0.3) is 5.91 Å². The molecule has 1 aliphatic carbocycles. The van der Waals surface area contributed by atoms with Crippen LogP contribution in [0.1, 0.15) is 21.6 Å². The van der Waals surface area contributed by atoms with Crippen LogP contribution in [-0.2, 0) is 22.0 Å². The summed E-state index contributed by atoms with van der Waals surface area (Å²) in [4.78, 5) is 20.3. The van der Waals surface area contributed by atoms with Crippen LogP contribution in [-0.4, -0.2) is 49.5 Å². The van der Waals surface area contributed by atoms with Crippen molar-refractivity contribution in [1.29, 1.82) is 0 Å². The second kappa shape index (κ2) is 6.62. The number of nitrogens with zero attached hydrogens (tertiary/aromatic N) is 3. The molecule has 158 valence electrons. The maximum absolute atomic E-state index is 15.2. The van der Waals surface area contributed by atoms with E-state index in [2.05, 4.69) is 15.3 Å². The summed E-state index contributed by atoms with van der Waals surface area (Å²) < 4.78 is 59.8. The second-order valence-electron chi connectivity index (χ2n) is 7.02. The van der Waals surface area contributed by atoms with Crippen LogP contribution in [0.2, 0.25) is 0 Å². The van der Waals surface area contributed by atoms with E-state index in [1.165, 1.54) is 20.2 Å². The number of sulfonamides is 1. The first kappa shape index (κ1) is 20.0. The van der Waals surface area contributed by atoms with Gasteiger partial charge in [-0.2, -0.15) is 0 Å². The molecule has 0 saturated carbocycles. The lowest BCUT2D eigenvalue weighted by atomic mass is 9.71. The Bertz CT molecular complexity index is 1220. The first-order valence-corrected chi connectivity index (χ1v) is 10.3. The van der Waals surface area contributed by atoms with E-state index in [0.29, 0.717) is 5.56 Å². The summed E-state index contributed by atoms with van der Waals surface area (Å²) in [6.07, 6.45) is 1.35. The second-order valence-corrected chi connectivity index (χ2v) is 9.02. The standard InChI is InChI=1S/C18H17F2N5O4S/c1-25-17(21)24-18(8-30(25,27)28)6-9-3-4-12(14(20)13(9)18)23-16(26)15-11(19)5-10(29-2)7-22-15/h3-5,7H,6,8H2,1-2H3,(H2,21,24)(H,23,26)/t18-/m0/s1. The zero-order valence-electron chi connectivity index (χ0n) is 15.9. The van der Waals surface area contributed by atoms with Crippen molar-refractivity contribution in [3.63, 3.8) is 0 Å². The van der Waals surface area contributed by atoms with Crippen molar-refractivity contribution in [3.05, 3.63) is 52.9 Å². The predicted molar refractivity (Wildman–Crippen MR) is 104 cm³/mol. The van der Waals surface area contributed by atoms with Crippen LogP contribution >= 0.6 is 0 Å². The fourth-order valence-electron chi connectivity index (χ4n) is 3.62. The predicted octanol–water partition coefficient (Wildman–Crippen LogP) is 0.962.